The Kier molecular flexibility index (Phi) is 4.00. The van der Waals surface area contributed by atoms with Crippen LogP contribution in [0.1, 0.15) is 38.2 Å². The second-order valence-electron chi connectivity index (χ2n) is 4.96. The van der Waals surface area contributed by atoms with Gasteiger partial charge in [-0.15, -0.1) is 0 Å². The van der Waals surface area contributed by atoms with Crippen LogP contribution in [0, 0.1) is 21.4 Å². The topological polar surface area (TPSA) is 70.2 Å². The van der Waals surface area contributed by atoms with Crippen molar-refractivity contribution in [3.05, 3.63) is 33.9 Å². The van der Waals surface area contributed by atoms with Crippen LogP contribution in [0.2, 0.25) is 0 Å². The molecule has 19 heavy (non-hydrogen) atoms. The molecular formula is C14H17N3O2. The highest BCUT2D eigenvalue weighted by atomic mass is 16.6. The first-order chi connectivity index (χ1) is 9.13. The number of rotatable bonds is 2. The van der Waals surface area contributed by atoms with Gasteiger partial charge >= 0.3 is 0 Å². The highest BCUT2D eigenvalue weighted by Gasteiger charge is 2.21. The fourth-order valence-corrected chi connectivity index (χ4v) is 2.61. The van der Waals surface area contributed by atoms with E-state index in [9.17, 15) is 15.4 Å². The van der Waals surface area contributed by atoms with Crippen LogP contribution in [0.15, 0.2) is 18.2 Å². The molecule has 0 aromatic heterocycles. The lowest BCUT2D eigenvalue weighted by Crippen LogP contribution is -2.33. The number of anilines is 1. The van der Waals surface area contributed by atoms with Crippen LogP contribution in [-0.4, -0.2) is 17.5 Å². The summed E-state index contributed by atoms with van der Waals surface area (Å²) < 4.78 is 0. The van der Waals surface area contributed by atoms with Crippen molar-refractivity contribution >= 4 is 11.4 Å². The number of nitro benzene ring substituents is 1. The Labute approximate surface area is 112 Å². The summed E-state index contributed by atoms with van der Waals surface area (Å²) in [7, 11) is 0. The van der Waals surface area contributed by atoms with Crippen molar-refractivity contribution in [1.29, 1.82) is 5.26 Å². The average Bonchev–Trinajstić information content (AvgIpc) is 2.62. The number of hydrogen-bond donors (Lipinski definition) is 0. The molecule has 100 valence electrons. The van der Waals surface area contributed by atoms with E-state index in [2.05, 4.69) is 17.9 Å². The van der Waals surface area contributed by atoms with Crippen LogP contribution in [0.3, 0.4) is 0 Å². The maximum absolute atomic E-state index is 10.8. The van der Waals surface area contributed by atoms with Crippen LogP contribution in [0.4, 0.5) is 11.4 Å². The van der Waals surface area contributed by atoms with Gasteiger partial charge in [-0.2, -0.15) is 5.26 Å². The summed E-state index contributed by atoms with van der Waals surface area (Å²) in [5.41, 5.74) is 1.19. The molecule has 1 saturated heterocycles. The lowest BCUT2D eigenvalue weighted by Gasteiger charge is -2.30. The summed E-state index contributed by atoms with van der Waals surface area (Å²) >= 11 is 0. The Morgan fingerprint density at radius 1 is 1.42 bits per heavy atom. The Morgan fingerprint density at radius 2 is 2.21 bits per heavy atom. The predicted octanol–water partition coefficient (Wildman–Crippen LogP) is 3.24. The van der Waals surface area contributed by atoms with Crippen molar-refractivity contribution in [2.24, 2.45) is 0 Å². The average molecular weight is 259 g/mol. The van der Waals surface area contributed by atoms with Crippen molar-refractivity contribution in [1.82, 2.24) is 0 Å². The molecule has 2 rings (SSSR count). The van der Waals surface area contributed by atoms with Gasteiger partial charge in [-0.05, 0) is 25.8 Å². The van der Waals surface area contributed by atoms with Gasteiger partial charge in [-0.3, -0.25) is 10.1 Å². The molecule has 5 heteroatoms. The standard InChI is InChI=1S/C14H17N3O2/c1-11-5-3-2-4-8-16(11)14-7-6-13(17(18)19)9-12(14)10-15/h6-7,9,11H,2-5,8H2,1H3. The Bertz CT molecular complexity index is 522. The summed E-state index contributed by atoms with van der Waals surface area (Å²) in [5.74, 6) is 0. The fraction of sp³-hybridized carbons (Fsp3) is 0.500. The first kappa shape index (κ1) is 13.3. The normalized spacial score (nSPS) is 19.6. The third kappa shape index (κ3) is 2.84. The molecule has 1 aromatic carbocycles. The number of non-ortho nitro benzene ring substituents is 1. The zero-order chi connectivity index (χ0) is 13.8. The second kappa shape index (κ2) is 5.70. The lowest BCUT2D eigenvalue weighted by atomic mass is 10.1. The minimum Gasteiger partial charge on any atom is -0.368 e. The van der Waals surface area contributed by atoms with Crippen molar-refractivity contribution in [3.63, 3.8) is 0 Å². The van der Waals surface area contributed by atoms with Gasteiger partial charge in [0.2, 0.25) is 0 Å². The van der Waals surface area contributed by atoms with E-state index < -0.39 is 4.92 Å². The summed E-state index contributed by atoms with van der Waals surface area (Å²) in [6.45, 7) is 3.06. The molecule has 1 unspecified atom stereocenters. The molecule has 0 radical (unpaired) electrons. The molecule has 0 aliphatic carbocycles. The number of nitriles is 1. The van der Waals surface area contributed by atoms with Crippen molar-refractivity contribution < 1.29 is 4.92 Å². The highest BCUT2D eigenvalue weighted by molar-refractivity contribution is 5.63. The summed E-state index contributed by atoms with van der Waals surface area (Å²) in [6, 6.07) is 7.01. The van der Waals surface area contributed by atoms with E-state index in [4.69, 9.17) is 0 Å². The first-order valence-corrected chi connectivity index (χ1v) is 6.58. The molecule has 1 fully saturated rings. The van der Waals surface area contributed by atoms with Crippen LogP contribution in [0.25, 0.3) is 0 Å². The zero-order valence-electron chi connectivity index (χ0n) is 11.0. The van der Waals surface area contributed by atoms with Crippen molar-refractivity contribution in [2.45, 2.75) is 38.6 Å². The van der Waals surface area contributed by atoms with Crippen LogP contribution in [0.5, 0.6) is 0 Å². The summed E-state index contributed by atoms with van der Waals surface area (Å²) in [6.07, 6.45) is 4.61. The van der Waals surface area contributed by atoms with Gasteiger partial charge in [-0.1, -0.05) is 12.8 Å². The molecule has 0 spiro atoms. The molecule has 0 saturated carbocycles. The Morgan fingerprint density at radius 3 is 2.89 bits per heavy atom. The predicted molar refractivity (Wildman–Crippen MR) is 73.1 cm³/mol. The SMILES string of the molecule is CC1CCCCCN1c1ccc([N+](=O)[O-])cc1C#N. The molecule has 5 nitrogen and oxygen atoms in total. The molecule has 1 aromatic rings. The minimum atomic E-state index is -0.462. The van der Waals surface area contributed by atoms with Gasteiger partial charge in [-0.25, -0.2) is 0 Å². The third-order valence-corrected chi connectivity index (χ3v) is 3.67. The van der Waals surface area contributed by atoms with Gasteiger partial charge in [0.15, 0.2) is 0 Å². The van der Waals surface area contributed by atoms with Crippen LogP contribution in [-0.2, 0) is 0 Å². The third-order valence-electron chi connectivity index (χ3n) is 3.67. The maximum atomic E-state index is 10.8. The van der Waals surface area contributed by atoms with Gasteiger partial charge in [0.05, 0.1) is 16.2 Å². The Hall–Kier alpha value is -2.09. The molecule has 0 N–H and O–H groups in total. The number of nitro groups is 1. The maximum Gasteiger partial charge on any atom is 0.270 e. The monoisotopic (exact) mass is 259 g/mol. The van der Waals surface area contributed by atoms with Gasteiger partial charge in [0.1, 0.15) is 6.07 Å². The van der Waals surface area contributed by atoms with Crippen LogP contribution < -0.4 is 4.90 Å². The molecule has 1 aliphatic heterocycles. The van der Waals surface area contributed by atoms with Gasteiger partial charge < -0.3 is 4.90 Å². The van der Waals surface area contributed by atoms with E-state index in [1.165, 1.54) is 25.0 Å². The highest BCUT2D eigenvalue weighted by Crippen LogP contribution is 2.29. The van der Waals surface area contributed by atoms with Gasteiger partial charge in [0.25, 0.3) is 5.69 Å². The van der Waals surface area contributed by atoms with E-state index in [0.717, 1.165) is 25.1 Å². The van der Waals surface area contributed by atoms with Crippen LogP contribution >= 0.6 is 0 Å². The second-order valence-corrected chi connectivity index (χ2v) is 4.96. The Balaban J connectivity index is 2.38. The molecule has 0 bridgehead atoms. The van der Waals surface area contributed by atoms with E-state index in [1.807, 2.05) is 0 Å². The number of benzene rings is 1. The molecule has 1 heterocycles. The van der Waals surface area contributed by atoms with E-state index in [1.54, 1.807) is 6.07 Å². The summed E-state index contributed by atoms with van der Waals surface area (Å²) in [4.78, 5) is 12.5. The van der Waals surface area contributed by atoms with Gasteiger partial charge in [0, 0.05) is 24.7 Å². The number of hydrogen-bond acceptors (Lipinski definition) is 4. The van der Waals surface area contributed by atoms with Crippen molar-refractivity contribution in [2.75, 3.05) is 11.4 Å². The first-order valence-electron chi connectivity index (χ1n) is 6.58. The summed E-state index contributed by atoms with van der Waals surface area (Å²) in [5, 5.41) is 20.0. The van der Waals surface area contributed by atoms with E-state index in [0.29, 0.717) is 11.6 Å². The molecule has 1 aliphatic rings. The van der Waals surface area contributed by atoms with E-state index in [-0.39, 0.29) is 5.69 Å². The molecule has 0 amide bonds. The van der Waals surface area contributed by atoms with Crippen molar-refractivity contribution in [3.8, 4) is 6.07 Å². The smallest absolute Gasteiger partial charge is 0.270 e. The van der Waals surface area contributed by atoms with E-state index >= 15 is 0 Å². The quantitative estimate of drug-likeness (QED) is 0.604. The lowest BCUT2D eigenvalue weighted by molar-refractivity contribution is -0.384. The minimum absolute atomic E-state index is 0.0252. The number of nitrogens with zero attached hydrogens (tertiary/aromatic N) is 3. The zero-order valence-corrected chi connectivity index (χ0v) is 11.0. The largest absolute Gasteiger partial charge is 0.368 e. The fourth-order valence-electron chi connectivity index (χ4n) is 2.61. The molecule has 1 atom stereocenters. The molecular weight excluding hydrogens is 242 g/mol.